The summed E-state index contributed by atoms with van der Waals surface area (Å²) in [4.78, 5) is 0. The van der Waals surface area contributed by atoms with Gasteiger partial charge in [0.15, 0.2) is 0 Å². The van der Waals surface area contributed by atoms with Crippen molar-refractivity contribution in [1.29, 1.82) is 0 Å². The van der Waals surface area contributed by atoms with Crippen molar-refractivity contribution in [1.82, 2.24) is 0 Å². The summed E-state index contributed by atoms with van der Waals surface area (Å²) in [5.41, 5.74) is 0.558. The van der Waals surface area contributed by atoms with Gasteiger partial charge < -0.3 is 9.84 Å². The first-order chi connectivity index (χ1) is 7.91. The molecule has 0 aromatic heterocycles. The van der Waals surface area contributed by atoms with E-state index in [1.807, 2.05) is 6.07 Å². The van der Waals surface area contributed by atoms with Crippen LogP contribution in [0.15, 0.2) is 24.3 Å². The van der Waals surface area contributed by atoms with E-state index in [-0.39, 0.29) is 23.2 Å². The van der Waals surface area contributed by atoms with E-state index in [1.165, 1.54) is 6.07 Å². The summed E-state index contributed by atoms with van der Waals surface area (Å²) < 4.78 is 28.6. The van der Waals surface area contributed by atoms with Gasteiger partial charge >= 0.3 is 6.61 Å². The number of aliphatic hydroxyl groups is 1. The third kappa shape index (κ3) is 2.02. The van der Waals surface area contributed by atoms with E-state index in [0.29, 0.717) is 0 Å². The number of benzene rings is 1. The smallest absolute Gasteiger partial charge is 0.387 e. The first-order valence-corrected chi connectivity index (χ1v) is 5.57. The molecule has 2 rings (SSSR count). The van der Waals surface area contributed by atoms with Crippen LogP contribution in [0.1, 0.15) is 25.8 Å². The maximum absolute atomic E-state index is 12.1. The number of ether oxygens (including phenoxy) is 1. The first kappa shape index (κ1) is 12.3. The Morgan fingerprint density at radius 3 is 2.53 bits per heavy atom. The molecule has 1 fully saturated rings. The van der Waals surface area contributed by atoms with Crippen molar-refractivity contribution in [3.8, 4) is 5.75 Å². The fourth-order valence-corrected chi connectivity index (χ4v) is 2.53. The fourth-order valence-electron chi connectivity index (χ4n) is 2.53. The number of hydrogen-bond donors (Lipinski definition) is 1. The normalized spacial score (nSPS) is 26.0. The standard InChI is InChI=1S/C13H16F2O2/c1-12(2)7-13(12,8-16)9-4-3-5-10(6-9)17-11(14)15/h3-6,11,16H,7-8H2,1-2H3. The molecule has 1 aromatic rings. The summed E-state index contributed by atoms with van der Waals surface area (Å²) in [6, 6.07) is 6.62. The van der Waals surface area contributed by atoms with E-state index >= 15 is 0 Å². The second-order valence-electron chi connectivity index (χ2n) is 5.21. The van der Waals surface area contributed by atoms with Crippen LogP contribution in [0.2, 0.25) is 0 Å². The Balaban J connectivity index is 2.28. The lowest BCUT2D eigenvalue weighted by Gasteiger charge is -2.19. The van der Waals surface area contributed by atoms with E-state index in [0.717, 1.165) is 12.0 Å². The van der Waals surface area contributed by atoms with Gasteiger partial charge in [-0.15, -0.1) is 0 Å². The number of halogens is 2. The van der Waals surface area contributed by atoms with Crippen molar-refractivity contribution in [2.24, 2.45) is 5.41 Å². The summed E-state index contributed by atoms with van der Waals surface area (Å²) in [5, 5.41) is 9.53. The minimum atomic E-state index is -2.82. The largest absolute Gasteiger partial charge is 0.435 e. The van der Waals surface area contributed by atoms with Crippen molar-refractivity contribution < 1.29 is 18.6 Å². The number of aliphatic hydroxyl groups excluding tert-OH is 1. The van der Waals surface area contributed by atoms with Gasteiger partial charge in [0.1, 0.15) is 5.75 Å². The molecule has 1 aliphatic carbocycles. The van der Waals surface area contributed by atoms with Crippen molar-refractivity contribution in [3.05, 3.63) is 29.8 Å². The van der Waals surface area contributed by atoms with Crippen LogP contribution in [-0.4, -0.2) is 18.3 Å². The second kappa shape index (κ2) is 3.95. The Morgan fingerprint density at radius 2 is 2.06 bits per heavy atom. The van der Waals surface area contributed by atoms with E-state index in [9.17, 15) is 13.9 Å². The van der Waals surface area contributed by atoms with Crippen LogP contribution in [-0.2, 0) is 5.41 Å². The molecule has 0 amide bonds. The van der Waals surface area contributed by atoms with Gasteiger partial charge in [0.2, 0.25) is 0 Å². The minimum absolute atomic E-state index is 0.00516. The van der Waals surface area contributed by atoms with Gasteiger partial charge in [-0.2, -0.15) is 8.78 Å². The van der Waals surface area contributed by atoms with Crippen molar-refractivity contribution in [2.45, 2.75) is 32.3 Å². The van der Waals surface area contributed by atoms with Gasteiger partial charge in [-0.3, -0.25) is 0 Å². The Labute approximate surface area is 99.2 Å². The lowest BCUT2D eigenvalue weighted by Crippen LogP contribution is -2.19. The fraction of sp³-hybridized carbons (Fsp3) is 0.538. The van der Waals surface area contributed by atoms with Gasteiger partial charge in [-0.05, 0) is 29.5 Å². The maximum atomic E-state index is 12.1. The molecule has 0 spiro atoms. The van der Waals surface area contributed by atoms with Gasteiger partial charge in [-0.1, -0.05) is 26.0 Å². The second-order valence-corrected chi connectivity index (χ2v) is 5.21. The zero-order valence-corrected chi connectivity index (χ0v) is 9.91. The Bertz CT molecular complexity index is 418. The average molecular weight is 242 g/mol. The molecule has 0 radical (unpaired) electrons. The Morgan fingerprint density at radius 1 is 1.41 bits per heavy atom. The van der Waals surface area contributed by atoms with Crippen LogP contribution in [0.5, 0.6) is 5.75 Å². The lowest BCUT2D eigenvalue weighted by molar-refractivity contribution is -0.0499. The highest BCUT2D eigenvalue weighted by Gasteiger charge is 2.61. The van der Waals surface area contributed by atoms with E-state index < -0.39 is 6.61 Å². The van der Waals surface area contributed by atoms with Gasteiger partial charge in [0.25, 0.3) is 0 Å². The predicted molar refractivity (Wildman–Crippen MR) is 60.2 cm³/mol. The third-order valence-corrected chi connectivity index (χ3v) is 3.80. The molecule has 1 unspecified atom stereocenters. The summed E-state index contributed by atoms with van der Waals surface area (Å²) in [6.07, 6.45) is 0.856. The maximum Gasteiger partial charge on any atom is 0.387 e. The molecule has 17 heavy (non-hydrogen) atoms. The molecule has 0 aliphatic heterocycles. The van der Waals surface area contributed by atoms with Crippen molar-refractivity contribution in [2.75, 3.05) is 6.61 Å². The van der Waals surface area contributed by atoms with Crippen LogP contribution in [0, 0.1) is 5.41 Å². The van der Waals surface area contributed by atoms with Gasteiger partial charge in [-0.25, -0.2) is 0 Å². The molecule has 4 heteroatoms. The van der Waals surface area contributed by atoms with E-state index in [4.69, 9.17) is 0 Å². The minimum Gasteiger partial charge on any atom is -0.435 e. The van der Waals surface area contributed by atoms with Gasteiger partial charge in [0, 0.05) is 5.41 Å². The summed E-state index contributed by atoms with van der Waals surface area (Å²) in [7, 11) is 0. The van der Waals surface area contributed by atoms with Crippen LogP contribution >= 0.6 is 0 Å². The molecule has 0 heterocycles. The zero-order chi connectivity index (χ0) is 12.7. The number of hydrogen-bond acceptors (Lipinski definition) is 2. The van der Waals surface area contributed by atoms with Crippen molar-refractivity contribution >= 4 is 0 Å². The summed E-state index contributed by atoms with van der Waals surface area (Å²) in [5.74, 6) is 0.146. The average Bonchev–Trinajstić information content (AvgIpc) is 2.82. The Kier molecular flexibility index (Phi) is 2.86. The monoisotopic (exact) mass is 242 g/mol. The number of alkyl halides is 2. The van der Waals surface area contributed by atoms with E-state index in [2.05, 4.69) is 18.6 Å². The molecule has 1 aromatic carbocycles. The molecule has 1 atom stereocenters. The lowest BCUT2D eigenvalue weighted by atomic mass is 9.88. The van der Waals surface area contributed by atoms with E-state index in [1.54, 1.807) is 12.1 Å². The highest BCUT2D eigenvalue weighted by molar-refractivity contribution is 5.41. The molecule has 0 bridgehead atoms. The molecule has 2 nitrogen and oxygen atoms in total. The SMILES string of the molecule is CC1(C)CC1(CO)c1cccc(OC(F)F)c1. The first-order valence-electron chi connectivity index (χ1n) is 5.57. The molecule has 1 aliphatic rings. The highest BCUT2D eigenvalue weighted by Crippen LogP contribution is 2.64. The van der Waals surface area contributed by atoms with Crippen LogP contribution in [0.3, 0.4) is 0 Å². The molecule has 1 N–H and O–H groups in total. The zero-order valence-electron chi connectivity index (χ0n) is 9.91. The molecular formula is C13H16F2O2. The van der Waals surface area contributed by atoms with Crippen molar-refractivity contribution in [3.63, 3.8) is 0 Å². The van der Waals surface area contributed by atoms with Gasteiger partial charge in [0.05, 0.1) is 6.61 Å². The van der Waals surface area contributed by atoms with Crippen LogP contribution < -0.4 is 4.74 Å². The molecular weight excluding hydrogens is 226 g/mol. The topological polar surface area (TPSA) is 29.5 Å². The molecule has 94 valence electrons. The predicted octanol–water partition coefficient (Wildman–Crippen LogP) is 2.95. The number of rotatable bonds is 4. The Hall–Kier alpha value is -1.16. The quantitative estimate of drug-likeness (QED) is 0.879. The summed E-state index contributed by atoms with van der Waals surface area (Å²) >= 11 is 0. The summed E-state index contributed by atoms with van der Waals surface area (Å²) in [6.45, 7) is 1.33. The van der Waals surface area contributed by atoms with Crippen LogP contribution in [0.25, 0.3) is 0 Å². The highest BCUT2D eigenvalue weighted by atomic mass is 19.3. The third-order valence-electron chi connectivity index (χ3n) is 3.80. The van der Waals surface area contributed by atoms with Crippen LogP contribution in [0.4, 0.5) is 8.78 Å². The molecule has 1 saturated carbocycles. The molecule has 0 saturated heterocycles.